The van der Waals surface area contributed by atoms with E-state index in [-0.39, 0.29) is 12.8 Å². The standard InChI is InChI=1S/C31H63FO3S/c1-3-5-7-9-11-13-14-15-16-17-18-19-20-21-22-24-26-28-30-31(32,36(33,34)35)29-27-25-23-12-10-8-6-4-2/h3-30H2,1-2H3,(H,33,34,35). The van der Waals surface area contributed by atoms with Crippen molar-refractivity contribution in [2.45, 2.75) is 199 Å². The molecule has 0 amide bonds. The van der Waals surface area contributed by atoms with Gasteiger partial charge in [0.05, 0.1) is 0 Å². The number of alkyl halides is 1. The Labute approximate surface area is 225 Å². The zero-order valence-corrected chi connectivity index (χ0v) is 25.2. The number of unbranched alkanes of at least 4 members (excludes halogenated alkanes) is 24. The maximum Gasteiger partial charge on any atom is 0.300 e. The van der Waals surface area contributed by atoms with E-state index in [2.05, 4.69) is 13.8 Å². The molecule has 0 aliphatic carbocycles. The van der Waals surface area contributed by atoms with Crippen LogP contribution in [-0.2, 0) is 10.1 Å². The van der Waals surface area contributed by atoms with Gasteiger partial charge in [-0.3, -0.25) is 4.55 Å². The molecule has 0 radical (unpaired) electrons. The van der Waals surface area contributed by atoms with Gasteiger partial charge in [0.1, 0.15) is 0 Å². The first-order valence-corrected chi connectivity index (χ1v) is 17.5. The molecule has 0 spiro atoms. The second-order valence-electron chi connectivity index (χ2n) is 11.3. The minimum Gasteiger partial charge on any atom is -0.283 e. The van der Waals surface area contributed by atoms with Crippen LogP contribution in [0.3, 0.4) is 0 Å². The summed E-state index contributed by atoms with van der Waals surface area (Å²) in [7, 11) is -4.66. The molecule has 0 saturated carbocycles. The van der Waals surface area contributed by atoms with E-state index in [0.29, 0.717) is 12.8 Å². The van der Waals surface area contributed by atoms with Gasteiger partial charge in [-0.25, -0.2) is 4.39 Å². The lowest BCUT2D eigenvalue weighted by Crippen LogP contribution is -2.33. The van der Waals surface area contributed by atoms with Gasteiger partial charge in [-0.15, -0.1) is 0 Å². The molecule has 36 heavy (non-hydrogen) atoms. The Morgan fingerprint density at radius 1 is 0.444 bits per heavy atom. The highest BCUT2D eigenvalue weighted by molar-refractivity contribution is 7.87. The Kier molecular flexibility index (Phi) is 25.0. The van der Waals surface area contributed by atoms with Crippen LogP contribution in [-0.4, -0.2) is 18.0 Å². The van der Waals surface area contributed by atoms with E-state index in [1.807, 2.05) is 0 Å². The summed E-state index contributed by atoms with van der Waals surface area (Å²) in [6, 6.07) is 0. The third-order valence-corrected chi connectivity index (χ3v) is 9.10. The summed E-state index contributed by atoms with van der Waals surface area (Å²) in [5, 5.41) is -2.45. The van der Waals surface area contributed by atoms with Crippen molar-refractivity contribution in [2.75, 3.05) is 0 Å². The molecule has 0 aliphatic heterocycles. The van der Waals surface area contributed by atoms with Crippen LogP contribution in [0.1, 0.15) is 194 Å². The molecule has 0 saturated heterocycles. The van der Waals surface area contributed by atoms with Crippen LogP contribution < -0.4 is 0 Å². The van der Waals surface area contributed by atoms with Crippen molar-refractivity contribution in [2.24, 2.45) is 0 Å². The third-order valence-electron chi connectivity index (χ3n) is 7.77. The van der Waals surface area contributed by atoms with Crippen LogP contribution in [0.2, 0.25) is 0 Å². The van der Waals surface area contributed by atoms with Crippen LogP contribution in [0.25, 0.3) is 0 Å². The highest BCUT2D eigenvalue weighted by atomic mass is 32.2. The first kappa shape index (κ1) is 35.8. The fraction of sp³-hybridized carbons (Fsp3) is 1.00. The molecular weight excluding hydrogens is 471 g/mol. The van der Waals surface area contributed by atoms with E-state index in [9.17, 15) is 13.0 Å². The van der Waals surface area contributed by atoms with Crippen LogP contribution >= 0.6 is 0 Å². The lowest BCUT2D eigenvalue weighted by molar-refractivity contribution is 0.203. The van der Waals surface area contributed by atoms with Crippen molar-refractivity contribution in [3.05, 3.63) is 0 Å². The quantitative estimate of drug-likeness (QED) is 0.0766. The predicted molar refractivity (Wildman–Crippen MR) is 156 cm³/mol. The Morgan fingerprint density at radius 2 is 0.639 bits per heavy atom. The first-order valence-electron chi connectivity index (χ1n) is 16.0. The summed E-state index contributed by atoms with van der Waals surface area (Å²) in [5.74, 6) is 0. The minimum atomic E-state index is -4.66. The van der Waals surface area contributed by atoms with Crippen molar-refractivity contribution in [3.63, 3.8) is 0 Å². The Balaban J connectivity index is 3.62. The van der Waals surface area contributed by atoms with Gasteiger partial charge in [-0.05, 0) is 25.7 Å². The average molecular weight is 535 g/mol. The van der Waals surface area contributed by atoms with Gasteiger partial charge in [0.2, 0.25) is 5.00 Å². The van der Waals surface area contributed by atoms with E-state index in [4.69, 9.17) is 0 Å². The Hall–Kier alpha value is -0.160. The molecule has 0 aromatic heterocycles. The minimum absolute atomic E-state index is 0.0684. The van der Waals surface area contributed by atoms with Crippen LogP contribution in [0.15, 0.2) is 0 Å². The number of hydrogen-bond acceptors (Lipinski definition) is 2. The smallest absolute Gasteiger partial charge is 0.283 e. The molecule has 0 heterocycles. The molecule has 0 fully saturated rings. The predicted octanol–water partition coefficient (Wildman–Crippen LogP) is 11.5. The van der Waals surface area contributed by atoms with Crippen LogP contribution in [0.4, 0.5) is 4.39 Å². The summed E-state index contributed by atoms with van der Waals surface area (Å²) in [6.45, 7) is 4.46. The molecule has 5 heteroatoms. The van der Waals surface area contributed by atoms with Crippen molar-refractivity contribution >= 4 is 10.1 Å². The summed E-state index contributed by atoms with van der Waals surface area (Å²) in [4.78, 5) is 0. The Morgan fingerprint density at radius 3 is 0.833 bits per heavy atom. The molecule has 0 bridgehead atoms. The maximum atomic E-state index is 15.0. The van der Waals surface area contributed by atoms with Crippen LogP contribution in [0.5, 0.6) is 0 Å². The van der Waals surface area contributed by atoms with Gasteiger partial charge in [-0.2, -0.15) is 8.42 Å². The highest BCUT2D eigenvalue weighted by Crippen LogP contribution is 2.32. The lowest BCUT2D eigenvalue weighted by atomic mass is 10.0. The van der Waals surface area contributed by atoms with Gasteiger partial charge in [0.15, 0.2) is 0 Å². The van der Waals surface area contributed by atoms with Crippen molar-refractivity contribution in [3.8, 4) is 0 Å². The number of rotatable bonds is 29. The van der Waals surface area contributed by atoms with Crippen molar-refractivity contribution in [1.29, 1.82) is 0 Å². The Bertz CT molecular complexity index is 552. The van der Waals surface area contributed by atoms with Gasteiger partial charge >= 0.3 is 0 Å². The summed E-state index contributed by atoms with van der Waals surface area (Å²) < 4.78 is 47.9. The average Bonchev–Trinajstić information content (AvgIpc) is 2.84. The second kappa shape index (κ2) is 25.1. The maximum absolute atomic E-state index is 15.0. The fourth-order valence-corrected chi connectivity index (χ4v) is 6.00. The highest BCUT2D eigenvalue weighted by Gasteiger charge is 2.42. The molecule has 218 valence electrons. The molecule has 1 atom stereocenters. The van der Waals surface area contributed by atoms with E-state index >= 15 is 4.39 Å². The molecular formula is C31H63FO3S. The zero-order valence-electron chi connectivity index (χ0n) is 24.3. The van der Waals surface area contributed by atoms with Gasteiger partial charge < -0.3 is 0 Å². The number of halogens is 1. The van der Waals surface area contributed by atoms with E-state index < -0.39 is 15.1 Å². The van der Waals surface area contributed by atoms with Crippen LogP contribution in [0, 0.1) is 0 Å². The first-order chi connectivity index (χ1) is 17.4. The third kappa shape index (κ3) is 21.9. The molecule has 3 nitrogen and oxygen atoms in total. The second-order valence-corrected chi connectivity index (χ2v) is 13.0. The number of hydrogen-bond donors (Lipinski definition) is 1. The van der Waals surface area contributed by atoms with Gasteiger partial charge in [-0.1, -0.05) is 168 Å². The molecule has 0 rings (SSSR count). The van der Waals surface area contributed by atoms with Gasteiger partial charge in [0.25, 0.3) is 10.1 Å². The summed E-state index contributed by atoms with van der Waals surface area (Å²) >= 11 is 0. The summed E-state index contributed by atoms with van der Waals surface area (Å²) in [6.07, 6.45) is 30.9. The monoisotopic (exact) mass is 534 g/mol. The molecule has 0 aromatic rings. The summed E-state index contributed by atoms with van der Waals surface area (Å²) in [5.41, 5.74) is 0. The molecule has 1 unspecified atom stereocenters. The molecule has 1 N–H and O–H groups in total. The lowest BCUT2D eigenvalue weighted by Gasteiger charge is -2.22. The fourth-order valence-electron chi connectivity index (χ4n) is 5.20. The topological polar surface area (TPSA) is 54.4 Å². The zero-order chi connectivity index (χ0) is 26.8. The largest absolute Gasteiger partial charge is 0.300 e. The van der Waals surface area contributed by atoms with E-state index in [1.54, 1.807) is 0 Å². The molecule has 0 aliphatic rings. The van der Waals surface area contributed by atoms with E-state index in [0.717, 1.165) is 38.5 Å². The SMILES string of the molecule is CCCCCCCCCCCCCCCCCCCCC(F)(CCCCCCCCCC)S(=O)(=O)O. The van der Waals surface area contributed by atoms with Crippen molar-refractivity contribution < 1.29 is 17.4 Å². The van der Waals surface area contributed by atoms with Gasteiger partial charge in [0, 0.05) is 0 Å². The van der Waals surface area contributed by atoms with E-state index in [1.165, 1.54) is 116 Å². The normalized spacial score (nSPS) is 13.8. The van der Waals surface area contributed by atoms with Crippen molar-refractivity contribution in [1.82, 2.24) is 0 Å². The molecule has 0 aromatic carbocycles.